The number of carbonyl (C=O) groups excluding carboxylic acids is 3. The van der Waals surface area contributed by atoms with Crippen LogP contribution < -0.4 is 15.3 Å². The second-order valence-corrected chi connectivity index (χ2v) is 9.83. The van der Waals surface area contributed by atoms with Crippen molar-refractivity contribution in [2.45, 2.75) is 0 Å². The van der Waals surface area contributed by atoms with Crippen LogP contribution in [0.2, 0.25) is 0 Å². The molecule has 3 fully saturated rings. The van der Waals surface area contributed by atoms with Crippen LogP contribution in [0.25, 0.3) is 0 Å². The van der Waals surface area contributed by atoms with Gasteiger partial charge in [0.1, 0.15) is 0 Å². The third-order valence-electron chi connectivity index (χ3n) is 6.94. The molecule has 3 aromatic rings. The maximum Gasteiger partial charge on any atom is 3.00 e. The van der Waals surface area contributed by atoms with Crippen LogP contribution in [0.1, 0.15) is 31.1 Å². The Morgan fingerprint density at radius 2 is 0.739 bits per heavy atom. The molecular weight excluding hydrogens is 644 g/mol. The average Bonchev–Trinajstić information content (AvgIpc) is 3.10. The molecule has 0 atom stereocenters. The van der Waals surface area contributed by atoms with Crippen LogP contribution in [-0.4, -0.2) is 126 Å². The van der Waals surface area contributed by atoms with Crippen LogP contribution >= 0.6 is 0 Å². The zero-order valence-corrected chi connectivity index (χ0v) is 26.0. The van der Waals surface area contributed by atoms with Gasteiger partial charge in [-0.05, 0) is 18.2 Å². The quantitative estimate of drug-likeness (QED) is 0.304. The summed E-state index contributed by atoms with van der Waals surface area (Å²) in [5, 5.41) is 34.1. The second-order valence-electron chi connectivity index (χ2n) is 9.83. The minimum absolute atomic E-state index is 0. The van der Waals surface area contributed by atoms with Gasteiger partial charge in [0.2, 0.25) is 0 Å². The summed E-state index contributed by atoms with van der Waals surface area (Å²) in [5.41, 5.74) is 0.561. The van der Waals surface area contributed by atoms with Crippen molar-refractivity contribution in [3.8, 4) is 17.2 Å². The van der Waals surface area contributed by atoms with Gasteiger partial charge >= 0.3 is 17.1 Å². The molecular formula is C30H33FeN6O9. The fourth-order valence-corrected chi connectivity index (χ4v) is 4.48. The maximum atomic E-state index is 11.9. The fraction of sp³-hybridized carbons (Fsp3) is 0.400. The predicted molar refractivity (Wildman–Crippen MR) is 151 cm³/mol. The number of amides is 3. The number of hydrogen-bond donors (Lipinski definition) is 0. The maximum absolute atomic E-state index is 11.9. The first-order chi connectivity index (χ1) is 21.9. The summed E-state index contributed by atoms with van der Waals surface area (Å²) in [4.78, 5) is 51.5. The van der Waals surface area contributed by atoms with Gasteiger partial charge in [-0.3, -0.25) is 29.3 Å². The van der Waals surface area contributed by atoms with E-state index in [1.54, 1.807) is 14.7 Å². The minimum Gasteiger partial charge on any atom is -0.871 e. The first-order valence-corrected chi connectivity index (χ1v) is 14.3. The molecule has 3 aromatic heterocycles. The molecule has 0 aliphatic carbocycles. The third-order valence-corrected chi connectivity index (χ3v) is 6.94. The number of pyridine rings is 3. The molecule has 15 nitrogen and oxygen atoms in total. The van der Waals surface area contributed by atoms with E-state index in [-0.39, 0.29) is 68.7 Å². The number of ether oxygens (including phenoxy) is 3. The monoisotopic (exact) mass is 677 g/mol. The molecule has 3 amide bonds. The Morgan fingerprint density at radius 3 is 0.957 bits per heavy atom. The Balaban J connectivity index is 0.000000186. The van der Waals surface area contributed by atoms with Gasteiger partial charge in [-0.15, -0.1) is 0 Å². The Hall–Kier alpha value is -4.34. The van der Waals surface area contributed by atoms with Crippen molar-refractivity contribution >= 4 is 17.7 Å². The predicted octanol–water partition coefficient (Wildman–Crippen LogP) is -1.12. The molecule has 6 heterocycles. The number of carbonyl (C=O) groups is 3. The Bertz CT molecular complexity index is 1260. The Kier molecular flexibility index (Phi) is 14.6. The summed E-state index contributed by atoms with van der Waals surface area (Å²) < 4.78 is 15.4. The molecule has 3 aliphatic rings. The average molecular weight is 677 g/mol. The molecule has 6 rings (SSSR count). The first-order valence-electron chi connectivity index (χ1n) is 14.3. The van der Waals surface area contributed by atoms with E-state index in [2.05, 4.69) is 15.0 Å². The summed E-state index contributed by atoms with van der Waals surface area (Å²) in [5.74, 6) is -1.67. The smallest absolute Gasteiger partial charge is 0.871 e. The van der Waals surface area contributed by atoms with Crippen molar-refractivity contribution in [3.63, 3.8) is 0 Å². The van der Waals surface area contributed by atoms with E-state index < -0.39 is 0 Å². The van der Waals surface area contributed by atoms with E-state index in [0.29, 0.717) is 78.9 Å². The van der Waals surface area contributed by atoms with Gasteiger partial charge in [0.15, 0.2) is 0 Å². The van der Waals surface area contributed by atoms with E-state index in [1.165, 1.54) is 36.8 Å². The normalized spacial score (nSPS) is 16.0. The van der Waals surface area contributed by atoms with Crippen molar-refractivity contribution in [1.82, 2.24) is 29.7 Å². The number of rotatable bonds is 3. The van der Waals surface area contributed by atoms with Crippen molar-refractivity contribution in [1.29, 1.82) is 0 Å². The van der Waals surface area contributed by atoms with Crippen LogP contribution in [0.3, 0.4) is 0 Å². The molecule has 0 saturated carbocycles. The van der Waals surface area contributed by atoms with Crippen LogP contribution in [-0.2, 0) is 31.3 Å². The largest absolute Gasteiger partial charge is 3.00 e. The number of aromatic nitrogens is 3. The van der Waals surface area contributed by atoms with Crippen LogP contribution in [0.4, 0.5) is 0 Å². The summed E-state index contributed by atoms with van der Waals surface area (Å²) in [7, 11) is 0. The molecule has 0 aromatic carbocycles. The summed E-state index contributed by atoms with van der Waals surface area (Å²) in [6.07, 6.45) is 7.84. The van der Waals surface area contributed by atoms with Crippen LogP contribution in [0.5, 0.6) is 17.2 Å². The molecule has 245 valence electrons. The third kappa shape index (κ3) is 10.1. The Morgan fingerprint density at radius 1 is 0.500 bits per heavy atom. The van der Waals surface area contributed by atoms with Crippen LogP contribution in [0, 0.1) is 0 Å². The van der Waals surface area contributed by atoms with Crippen molar-refractivity contribution in [3.05, 3.63) is 72.1 Å². The molecule has 1 radical (unpaired) electrons. The van der Waals surface area contributed by atoms with Gasteiger partial charge in [0.05, 0.1) is 39.6 Å². The van der Waals surface area contributed by atoms with Gasteiger partial charge in [-0.2, -0.15) is 0 Å². The fourth-order valence-electron chi connectivity index (χ4n) is 4.48. The first kappa shape index (κ1) is 36.1. The van der Waals surface area contributed by atoms with E-state index in [9.17, 15) is 29.7 Å². The molecule has 0 N–H and O–H groups in total. The number of nitrogens with zero attached hydrogens (tertiary/aromatic N) is 6. The van der Waals surface area contributed by atoms with Gasteiger partial charge in [0.25, 0.3) is 17.7 Å². The molecule has 0 spiro atoms. The van der Waals surface area contributed by atoms with Crippen molar-refractivity contribution in [2.75, 3.05) is 78.9 Å². The summed E-state index contributed by atoms with van der Waals surface area (Å²) in [6, 6.07) is 4.38. The minimum atomic E-state index is -0.325. The van der Waals surface area contributed by atoms with Gasteiger partial charge in [0, 0.05) is 93.1 Å². The van der Waals surface area contributed by atoms with Gasteiger partial charge < -0.3 is 44.2 Å². The topological polar surface area (TPSA) is 196 Å². The number of morpholine rings is 3. The molecule has 16 heteroatoms. The zero-order valence-electron chi connectivity index (χ0n) is 24.9. The summed E-state index contributed by atoms with van der Waals surface area (Å²) >= 11 is 0. The van der Waals surface area contributed by atoms with Crippen LogP contribution in [0.15, 0.2) is 55.4 Å². The SMILES string of the molecule is O=C(c1ccncc1[O-])N1CCOCC1.O=C(c1ccncc1[O-])N1CCOCC1.O=C(c1ccncc1[O-])N1CCOCC1.[Fe+3]. The zero-order chi connectivity index (χ0) is 32.0. The molecule has 0 bridgehead atoms. The van der Waals surface area contributed by atoms with E-state index in [0.717, 1.165) is 18.6 Å². The Labute approximate surface area is 276 Å². The molecule has 46 heavy (non-hydrogen) atoms. The van der Waals surface area contributed by atoms with Gasteiger partial charge in [-0.1, -0.05) is 17.2 Å². The standard InChI is InChI=1S/3C10H12N2O3.Fe/c3*13-9-7-11-2-1-8(9)10(14)12-3-5-15-6-4-12;/h3*1-2,7,13H,3-6H2;/q;;;+3/p-3. The molecule has 3 saturated heterocycles. The van der Waals surface area contributed by atoms with Crippen molar-refractivity contribution < 1.29 is 61.0 Å². The molecule has 3 aliphatic heterocycles. The second kappa shape index (κ2) is 18.6. The summed E-state index contributed by atoms with van der Waals surface area (Å²) in [6.45, 7) is 6.45. The van der Waals surface area contributed by atoms with E-state index >= 15 is 0 Å². The van der Waals surface area contributed by atoms with Gasteiger partial charge in [-0.25, -0.2) is 0 Å². The number of hydrogen-bond acceptors (Lipinski definition) is 12. The van der Waals surface area contributed by atoms with E-state index in [4.69, 9.17) is 14.2 Å². The van der Waals surface area contributed by atoms with E-state index in [1.807, 2.05) is 0 Å². The van der Waals surface area contributed by atoms with Crippen molar-refractivity contribution in [2.24, 2.45) is 0 Å². The molecule has 0 unspecified atom stereocenters.